The van der Waals surface area contributed by atoms with E-state index < -0.39 is 0 Å². The summed E-state index contributed by atoms with van der Waals surface area (Å²) in [5.41, 5.74) is 1.19. The van der Waals surface area contributed by atoms with Crippen LogP contribution in [0.4, 0.5) is 0 Å². The summed E-state index contributed by atoms with van der Waals surface area (Å²) in [6, 6.07) is 7.92. The first-order valence-corrected chi connectivity index (χ1v) is 7.42. The van der Waals surface area contributed by atoms with Crippen molar-refractivity contribution in [1.82, 2.24) is 0 Å². The average Bonchev–Trinajstić information content (AvgIpc) is 2.46. The van der Waals surface area contributed by atoms with E-state index in [1.807, 2.05) is 24.3 Å². The normalized spacial score (nSPS) is 23.3. The molecule has 1 aromatic carbocycles. The molecule has 0 aliphatic heterocycles. The van der Waals surface area contributed by atoms with Crippen LogP contribution >= 0.6 is 0 Å². The molecule has 0 N–H and O–H groups in total. The van der Waals surface area contributed by atoms with Gasteiger partial charge in [-0.05, 0) is 30.0 Å². The number of rotatable bonds is 6. The van der Waals surface area contributed by atoms with Crippen LogP contribution in [0.1, 0.15) is 31.7 Å². The molecule has 0 bridgehead atoms. The third kappa shape index (κ3) is 4.00. The van der Waals surface area contributed by atoms with E-state index in [1.165, 1.54) is 19.4 Å². The van der Waals surface area contributed by atoms with Gasteiger partial charge in [0.2, 0.25) is 0 Å². The number of carbonyl (C=O) groups excluding carboxylic acids is 2. The fourth-order valence-electron chi connectivity index (χ4n) is 2.92. The molecular weight excluding hydrogens is 284 g/mol. The summed E-state index contributed by atoms with van der Waals surface area (Å²) in [5.74, 6) is 0.972. The Labute approximate surface area is 130 Å². The molecule has 22 heavy (non-hydrogen) atoms. The molecule has 0 saturated heterocycles. The van der Waals surface area contributed by atoms with E-state index in [9.17, 15) is 9.59 Å². The fourth-order valence-corrected chi connectivity index (χ4v) is 2.92. The van der Waals surface area contributed by atoms with Gasteiger partial charge in [-0.25, -0.2) is 0 Å². The highest BCUT2D eigenvalue weighted by atomic mass is 16.5. The Hall–Kier alpha value is -2.04. The minimum Gasteiger partial charge on any atom is -0.497 e. The predicted molar refractivity (Wildman–Crippen MR) is 80.6 cm³/mol. The van der Waals surface area contributed by atoms with E-state index in [0.717, 1.165) is 12.2 Å². The van der Waals surface area contributed by atoms with Crippen LogP contribution in [0.2, 0.25) is 0 Å². The van der Waals surface area contributed by atoms with Gasteiger partial charge in [-0.3, -0.25) is 9.59 Å². The first-order chi connectivity index (χ1) is 10.5. The molecular formula is C17H22O5. The van der Waals surface area contributed by atoms with Crippen molar-refractivity contribution < 1.29 is 23.8 Å². The maximum atomic E-state index is 11.1. The molecule has 1 aromatic rings. The molecule has 0 amide bonds. The second-order valence-corrected chi connectivity index (χ2v) is 5.64. The number of hydrogen-bond donors (Lipinski definition) is 0. The summed E-state index contributed by atoms with van der Waals surface area (Å²) < 4.78 is 15.4. The van der Waals surface area contributed by atoms with Crippen LogP contribution in [0.25, 0.3) is 0 Å². The van der Waals surface area contributed by atoms with Crippen molar-refractivity contribution in [3.8, 4) is 5.75 Å². The Morgan fingerprint density at radius 3 is 2.18 bits per heavy atom. The molecule has 5 nitrogen and oxygen atoms in total. The molecule has 0 heterocycles. The largest absolute Gasteiger partial charge is 0.497 e. The van der Waals surface area contributed by atoms with Gasteiger partial charge in [0.05, 0.1) is 20.3 Å². The van der Waals surface area contributed by atoms with Gasteiger partial charge in [0, 0.05) is 25.7 Å². The molecule has 120 valence electrons. The van der Waals surface area contributed by atoms with Crippen LogP contribution in [0.15, 0.2) is 24.3 Å². The van der Waals surface area contributed by atoms with Crippen molar-refractivity contribution in [2.24, 2.45) is 11.8 Å². The molecule has 2 rings (SSSR count). The maximum Gasteiger partial charge on any atom is 0.302 e. The van der Waals surface area contributed by atoms with Crippen LogP contribution in [0, 0.1) is 11.8 Å². The van der Waals surface area contributed by atoms with E-state index in [2.05, 4.69) is 0 Å². The first kappa shape index (κ1) is 16.3. The topological polar surface area (TPSA) is 61.8 Å². The van der Waals surface area contributed by atoms with Crippen molar-refractivity contribution in [3.05, 3.63) is 29.8 Å². The quantitative estimate of drug-likeness (QED) is 0.756. The molecule has 1 fully saturated rings. The summed E-state index contributed by atoms with van der Waals surface area (Å²) in [6.45, 7) is 3.55. The zero-order valence-corrected chi connectivity index (χ0v) is 13.2. The Morgan fingerprint density at radius 2 is 1.64 bits per heavy atom. The van der Waals surface area contributed by atoms with Crippen molar-refractivity contribution in [1.29, 1.82) is 0 Å². The van der Waals surface area contributed by atoms with Crippen LogP contribution in [-0.4, -0.2) is 32.3 Å². The number of hydrogen-bond acceptors (Lipinski definition) is 5. The molecule has 1 saturated carbocycles. The van der Waals surface area contributed by atoms with Crippen molar-refractivity contribution in [2.75, 3.05) is 20.3 Å². The summed E-state index contributed by atoms with van der Waals surface area (Å²) in [4.78, 5) is 22.0. The summed E-state index contributed by atoms with van der Waals surface area (Å²) in [5, 5.41) is 0. The summed E-state index contributed by atoms with van der Waals surface area (Å²) >= 11 is 0. The SMILES string of the molecule is COc1ccc([C@H]2C[C@H](COC(C)=O)[C@@H]2COC(C)=O)cc1. The van der Waals surface area contributed by atoms with Gasteiger partial charge in [-0.15, -0.1) is 0 Å². The second-order valence-electron chi connectivity index (χ2n) is 5.64. The van der Waals surface area contributed by atoms with Gasteiger partial charge in [0.1, 0.15) is 5.75 Å². The van der Waals surface area contributed by atoms with E-state index in [1.54, 1.807) is 7.11 Å². The number of benzene rings is 1. The second kappa shape index (κ2) is 7.29. The van der Waals surface area contributed by atoms with Gasteiger partial charge < -0.3 is 14.2 Å². The summed E-state index contributed by atoms with van der Waals surface area (Å²) in [6.07, 6.45) is 0.922. The zero-order valence-electron chi connectivity index (χ0n) is 13.2. The highest BCUT2D eigenvalue weighted by molar-refractivity contribution is 5.66. The smallest absolute Gasteiger partial charge is 0.302 e. The van der Waals surface area contributed by atoms with Crippen LogP contribution in [0.5, 0.6) is 5.75 Å². The molecule has 0 radical (unpaired) electrons. The molecule has 5 heteroatoms. The van der Waals surface area contributed by atoms with E-state index in [-0.39, 0.29) is 23.8 Å². The lowest BCUT2D eigenvalue weighted by Crippen LogP contribution is -2.41. The minimum absolute atomic E-state index is 0.177. The third-order valence-electron chi connectivity index (χ3n) is 4.20. The first-order valence-electron chi connectivity index (χ1n) is 7.42. The maximum absolute atomic E-state index is 11.1. The van der Waals surface area contributed by atoms with Crippen molar-refractivity contribution >= 4 is 11.9 Å². The number of esters is 2. The van der Waals surface area contributed by atoms with E-state index >= 15 is 0 Å². The van der Waals surface area contributed by atoms with Crippen molar-refractivity contribution in [3.63, 3.8) is 0 Å². The predicted octanol–water partition coefficient (Wildman–Crippen LogP) is 2.54. The minimum atomic E-state index is -0.286. The zero-order chi connectivity index (χ0) is 16.1. The van der Waals surface area contributed by atoms with Crippen LogP contribution in [-0.2, 0) is 19.1 Å². The highest BCUT2D eigenvalue weighted by Crippen LogP contribution is 2.47. The molecule has 1 aliphatic carbocycles. The fraction of sp³-hybridized carbons (Fsp3) is 0.529. The number of methoxy groups -OCH3 is 1. The summed E-state index contributed by atoms with van der Waals surface area (Å²) in [7, 11) is 1.64. The molecule has 0 unspecified atom stereocenters. The van der Waals surface area contributed by atoms with E-state index in [4.69, 9.17) is 14.2 Å². The lowest BCUT2D eigenvalue weighted by molar-refractivity contribution is -0.151. The molecule has 1 aliphatic rings. The van der Waals surface area contributed by atoms with Gasteiger partial charge in [-0.2, -0.15) is 0 Å². The van der Waals surface area contributed by atoms with Gasteiger partial charge in [0.15, 0.2) is 0 Å². The van der Waals surface area contributed by atoms with E-state index in [0.29, 0.717) is 19.1 Å². The Morgan fingerprint density at radius 1 is 1.05 bits per heavy atom. The Bertz CT molecular complexity index is 522. The van der Waals surface area contributed by atoms with Crippen LogP contribution < -0.4 is 4.74 Å². The monoisotopic (exact) mass is 306 g/mol. The van der Waals surface area contributed by atoms with Crippen molar-refractivity contribution in [2.45, 2.75) is 26.2 Å². The number of carbonyl (C=O) groups is 2. The Balaban J connectivity index is 2.02. The molecule has 0 spiro atoms. The standard InChI is InChI=1S/C17H22O5/c1-11(18)21-9-14-8-16(17(14)10-22-12(2)19)13-4-6-15(20-3)7-5-13/h4-7,14,16-17H,8-10H2,1-3H3/t14-,16-,17+/m1/s1. The Kier molecular flexibility index (Phi) is 5.41. The van der Waals surface area contributed by atoms with Crippen LogP contribution in [0.3, 0.4) is 0 Å². The highest BCUT2D eigenvalue weighted by Gasteiger charge is 2.42. The van der Waals surface area contributed by atoms with Gasteiger partial charge in [0.25, 0.3) is 0 Å². The molecule has 3 atom stereocenters. The molecule has 0 aromatic heterocycles. The lowest BCUT2D eigenvalue weighted by Gasteiger charge is -2.44. The lowest BCUT2D eigenvalue weighted by atomic mass is 9.62. The average molecular weight is 306 g/mol. The van der Waals surface area contributed by atoms with Gasteiger partial charge >= 0.3 is 11.9 Å². The van der Waals surface area contributed by atoms with Gasteiger partial charge in [-0.1, -0.05) is 12.1 Å². The number of ether oxygens (including phenoxy) is 3. The third-order valence-corrected chi connectivity index (χ3v) is 4.20.